The van der Waals surface area contributed by atoms with Crippen LogP contribution in [-0.2, 0) is 9.59 Å². The second-order valence-electron chi connectivity index (χ2n) is 4.01. The van der Waals surface area contributed by atoms with E-state index in [-0.39, 0.29) is 10.7 Å². The smallest absolute Gasteiger partial charge is 0.352 e. The quantitative estimate of drug-likeness (QED) is 0.787. The summed E-state index contributed by atoms with van der Waals surface area (Å²) >= 11 is 6.09. The third kappa shape index (κ3) is 4.68. The van der Waals surface area contributed by atoms with E-state index >= 15 is 0 Å². The van der Waals surface area contributed by atoms with Crippen molar-refractivity contribution in [3.8, 4) is 11.5 Å². The first-order valence-electron chi connectivity index (χ1n) is 6.12. The van der Waals surface area contributed by atoms with Gasteiger partial charge in [0.05, 0.1) is 18.7 Å². The van der Waals surface area contributed by atoms with Crippen LogP contribution in [0.4, 0.5) is 0 Å². The highest BCUT2D eigenvalue weighted by Crippen LogP contribution is 2.36. The Bertz CT molecular complexity index is 583. The number of nitrogens with one attached hydrogen (secondary N) is 1. The van der Waals surface area contributed by atoms with Crippen LogP contribution in [0, 0.1) is 0 Å². The molecule has 0 saturated heterocycles. The average molecular weight is 314 g/mol. The van der Waals surface area contributed by atoms with Crippen LogP contribution in [0.15, 0.2) is 17.8 Å². The van der Waals surface area contributed by atoms with Crippen molar-refractivity contribution in [2.75, 3.05) is 13.7 Å². The Morgan fingerprint density at radius 3 is 2.57 bits per heavy atom. The molecule has 21 heavy (non-hydrogen) atoms. The van der Waals surface area contributed by atoms with Crippen molar-refractivity contribution in [3.05, 3.63) is 28.4 Å². The van der Waals surface area contributed by atoms with E-state index in [1.807, 2.05) is 6.92 Å². The zero-order chi connectivity index (χ0) is 16.0. The Morgan fingerprint density at radius 2 is 2.10 bits per heavy atom. The van der Waals surface area contributed by atoms with Gasteiger partial charge in [0, 0.05) is 6.92 Å². The zero-order valence-electron chi connectivity index (χ0n) is 11.9. The van der Waals surface area contributed by atoms with Crippen LogP contribution >= 0.6 is 11.6 Å². The van der Waals surface area contributed by atoms with E-state index in [0.717, 1.165) is 0 Å². The van der Waals surface area contributed by atoms with E-state index in [1.54, 1.807) is 6.07 Å². The van der Waals surface area contributed by atoms with Crippen molar-refractivity contribution in [1.29, 1.82) is 0 Å². The molecule has 0 aromatic heterocycles. The fourth-order valence-corrected chi connectivity index (χ4v) is 1.89. The Labute approximate surface area is 127 Å². The maximum absolute atomic E-state index is 11.1. The summed E-state index contributed by atoms with van der Waals surface area (Å²) in [5.74, 6) is -0.972. The molecule has 2 N–H and O–H groups in total. The van der Waals surface area contributed by atoms with Crippen LogP contribution in [0.1, 0.15) is 19.4 Å². The summed E-state index contributed by atoms with van der Waals surface area (Å²) in [5, 5.41) is 11.6. The first-order chi connectivity index (χ1) is 9.88. The normalized spacial score (nSPS) is 11.0. The lowest BCUT2D eigenvalue weighted by Gasteiger charge is -2.12. The predicted molar refractivity (Wildman–Crippen MR) is 78.6 cm³/mol. The second-order valence-corrected chi connectivity index (χ2v) is 4.42. The molecule has 1 aromatic carbocycles. The van der Waals surface area contributed by atoms with Crippen LogP contribution in [0.5, 0.6) is 11.5 Å². The summed E-state index contributed by atoms with van der Waals surface area (Å²) in [6.07, 6.45) is 1.29. The fraction of sp³-hybridized carbons (Fsp3) is 0.286. The number of carbonyl (C=O) groups excluding carboxylic acids is 1. The predicted octanol–water partition coefficient (Wildman–Crippen LogP) is 2.31. The van der Waals surface area contributed by atoms with E-state index in [4.69, 9.17) is 26.2 Å². The number of aliphatic carboxylic acids is 1. The number of rotatable bonds is 6. The minimum Gasteiger partial charge on any atom is -0.493 e. The number of carbonyl (C=O) groups is 2. The van der Waals surface area contributed by atoms with Gasteiger partial charge in [0.1, 0.15) is 5.70 Å². The number of halogens is 1. The monoisotopic (exact) mass is 313 g/mol. The molecule has 0 aliphatic rings. The molecule has 0 bridgehead atoms. The highest BCUT2D eigenvalue weighted by Gasteiger charge is 2.13. The fourth-order valence-electron chi connectivity index (χ4n) is 1.62. The van der Waals surface area contributed by atoms with Gasteiger partial charge in [0.2, 0.25) is 5.91 Å². The lowest BCUT2D eigenvalue weighted by atomic mass is 10.1. The van der Waals surface area contributed by atoms with Gasteiger partial charge in [-0.15, -0.1) is 0 Å². The number of methoxy groups -OCH3 is 1. The second kappa shape index (κ2) is 7.54. The van der Waals surface area contributed by atoms with Crippen LogP contribution in [0.25, 0.3) is 6.08 Å². The summed E-state index contributed by atoms with van der Waals surface area (Å²) in [6, 6.07) is 3.10. The highest BCUT2D eigenvalue weighted by atomic mass is 35.5. The standard InChI is InChI=1S/C14H16ClNO5/c1-4-21-13-10(15)5-9(7-12(13)20-3)6-11(14(18)19)16-8(2)17/h5-7H,4H2,1-3H3,(H,16,17)(H,18,19). The number of ether oxygens (including phenoxy) is 2. The van der Waals surface area contributed by atoms with E-state index in [2.05, 4.69) is 5.32 Å². The largest absolute Gasteiger partial charge is 0.493 e. The molecular formula is C14H16ClNO5. The van der Waals surface area contributed by atoms with Gasteiger partial charge in [0.25, 0.3) is 0 Å². The molecule has 0 saturated carbocycles. The first-order valence-corrected chi connectivity index (χ1v) is 6.49. The third-order valence-electron chi connectivity index (χ3n) is 2.39. The molecule has 1 amide bonds. The van der Waals surface area contributed by atoms with Gasteiger partial charge in [-0.1, -0.05) is 11.6 Å². The van der Waals surface area contributed by atoms with Crippen molar-refractivity contribution in [2.24, 2.45) is 0 Å². The average Bonchev–Trinajstić information content (AvgIpc) is 2.40. The first kappa shape index (κ1) is 16.8. The summed E-state index contributed by atoms with van der Waals surface area (Å²) in [6.45, 7) is 3.45. The summed E-state index contributed by atoms with van der Waals surface area (Å²) in [5.41, 5.74) is 0.205. The molecule has 0 unspecified atom stereocenters. The maximum atomic E-state index is 11.1. The molecular weight excluding hydrogens is 298 g/mol. The number of carboxylic acids is 1. The van der Waals surface area contributed by atoms with Crippen LogP contribution in [0.2, 0.25) is 5.02 Å². The van der Waals surface area contributed by atoms with Crippen molar-refractivity contribution >= 4 is 29.6 Å². The van der Waals surface area contributed by atoms with Gasteiger partial charge < -0.3 is 19.9 Å². The molecule has 0 spiro atoms. The van der Waals surface area contributed by atoms with E-state index in [1.165, 1.54) is 26.2 Å². The molecule has 1 aromatic rings. The number of amides is 1. The van der Waals surface area contributed by atoms with E-state index in [0.29, 0.717) is 23.7 Å². The van der Waals surface area contributed by atoms with Gasteiger partial charge in [-0.3, -0.25) is 4.79 Å². The lowest BCUT2D eigenvalue weighted by Crippen LogP contribution is -2.24. The van der Waals surface area contributed by atoms with Gasteiger partial charge in [-0.05, 0) is 30.7 Å². The van der Waals surface area contributed by atoms with Crippen molar-refractivity contribution in [3.63, 3.8) is 0 Å². The zero-order valence-corrected chi connectivity index (χ0v) is 12.7. The number of hydrogen-bond donors (Lipinski definition) is 2. The number of benzene rings is 1. The molecule has 0 heterocycles. The molecule has 1 rings (SSSR count). The third-order valence-corrected chi connectivity index (χ3v) is 2.67. The van der Waals surface area contributed by atoms with Crippen LogP contribution in [0.3, 0.4) is 0 Å². The van der Waals surface area contributed by atoms with Crippen molar-refractivity contribution in [2.45, 2.75) is 13.8 Å². The highest BCUT2D eigenvalue weighted by molar-refractivity contribution is 6.32. The Hall–Kier alpha value is -2.21. The molecule has 6 nitrogen and oxygen atoms in total. The molecule has 0 aliphatic carbocycles. The van der Waals surface area contributed by atoms with E-state index < -0.39 is 11.9 Å². The minimum atomic E-state index is -1.26. The summed E-state index contributed by atoms with van der Waals surface area (Å²) in [7, 11) is 1.45. The molecule has 0 fully saturated rings. The summed E-state index contributed by atoms with van der Waals surface area (Å²) in [4.78, 5) is 22.1. The Kier molecular flexibility index (Phi) is 6.05. The van der Waals surface area contributed by atoms with Gasteiger partial charge in [-0.25, -0.2) is 4.79 Å². The number of carboxylic acid groups (broad SMARTS) is 1. The van der Waals surface area contributed by atoms with Gasteiger partial charge in [0.15, 0.2) is 11.5 Å². The van der Waals surface area contributed by atoms with Crippen molar-refractivity contribution < 1.29 is 24.2 Å². The number of hydrogen-bond acceptors (Lipinski definition) is 4. The minimum absolute atomic E-state index is 0.259. The topological polar surface area (TPSA) is 84.9 Å². The Morgan fingerprint density at radius 1 is 1.43 bits per heavy atom. The molecule has 0 atom stereocenters. The Balaban J connectivity index is 3.27. The van der Waals surface area contributed by atoms with Gasteiger partial charge in [-0.2, -0.15) is 0 Å². The van der Waals surface area contributed by atoms with Gasteiger partial charge >= 0.3 is 5.97 Å². The molecule has 0 aliphatic heterocycles. The van der Waals surface area contributed by atoms with Crippen LogP contribution < -0.4 is 14.8 Å². The molecule has 0 radical (unpaired) electrons. The molecule has 7 heteroatoms. The van der Waals surface area contributed by atoms with E-state index in [9.17, 15) is 9.59 Å². The van der Waals surface area contributed by atoms with Crippen molar-refractivity contribution in [1.82, 2.24) is 5.32 Å². The molecule has 114 valence electrons. The van der Waals surface area contributed by atoms with Crippen LogP contribution in [-0.4, -0.2) is 30.7 Å². The maximum Gasteiger partial charge on any atom is 0.352 e. The lowest BCUT2D eigenvalue weighted by molar-refractivity contribution is -0.134. The SMILES string of the molecule is CCOc1c(Cl)cc(C=C(NC(C)=O)C(=O)O)cc1OC. The summed E-state index contributed by atoms with van der Waals surface area (Å²) < 4.78 is 10.5.